The van der Waals surface area contributed by atoms with Gasteiger partial charge in [-0.15, -0.1) is 0 Å². The van der Waals surface area contributed by atoms with Crippen LogP contribution in [-0.4, -0.2) is 33.8 Å². The highest BCUT2D eigenvalue weighted by Crippen LogP contribution is 2.33. The van der Waals surface area contributed by atoms with Crippen molar-refractivity contribution in [1.29, 1.82) is 0 Å². The first kappa shape index (κ1) is 27.9. The average Bonchev–Trinajstić information content (AvgIpc) is 3.12. The van der Waals surface area contributed by atoms with Crippen molar-refractivity contribution in [3.63, 3.8) is 0 Å². The van der Waals surface area contributed by atoms with E-state index in [2.05, 4.69) is 4.98 Å². The molecule has 1 amide bonds. The second kappa shape index (κ2) is 10.9. The average molecular weight is 501 g/mol. The molecule has 1 aromatic carbocycles. The minimum atomic E-state index is -4.54. The van der Waals surface area contributed by atoms with E-state index < -0.39 is 48.2 Å². The van der Waals surface area contributed by atoms with Gasteiger partial charge in [-0.05, 0) is 39.8 Å². The van der Waals surface area contributed by atoms with Crippen molar-refractivity contribution in [3.8, 4) is 11.5 Å². The van der Waals surface area contributed by atoms with Gasteiger partial charge in [-0.1, -0.05) is 19.9 Å². The highest BCUT2D eigenvalue weighted by Gasteiger charge is 2.33. The highest BCUT2D eigenvalue weighted by molar-refractivity contribution is 5.93. The predicted molar refractivity (Wildman–Crippen MR) is 122 cm³/mol. The van der Waals surface area contributed by atoms with Crippen LogP contribution >= 0.6 is 0 Å². The van der Waals surface area contributed by atoms with Crippen LogP contribution in [0, 0.1) is 18.6 Å². The monoisotopic (exact) mass is 501 g/mol. The molecule has 6 nitrogen and oxygen atoms in total. The minimum Gasteiger partial charge on any atom is -0.453 e. The lowest BCUT2D eigenvalue weighted by Crippen LogP contribution is -2.39. The van der Waals surface area contributed by atoms with Gasteiger partial charge in [-0.25, -0.2) is 14.2 Å². The number of pyridine rings is 1. The van der Waals surface area contributed by atoms with E-state index in [0.29, 0.717) is 5.69 Å². The molecule has 2 aromatic heterocycles. The van der Waals surface area contributed by atoms with Crippen molar-refractivity contribution < 1.29 is 36.2 Å². The zero-order chi connectivity index (χ0) is 26.6. The van der Waals surface area contributed by atoms with Crippen molar-refractivity contribution in [3.05, 3.63) is 54.0 Å². The third kappa shape index (κ3) is 7.30. The lowest BCUT2D eigenvalue weighted by Gasteiger charge is -2.28. The van der Waals surface area contributed by atoms with Crippen LogP contribution in [0.15, 0.2) is 36.7 Å². The molecule has 0 atom stereocenters. The van der Waals surface area contributed by atoms with Gasteiger partial charge in [0.05, 0.1) is 18.3 Å². The van der Waals surface area contributed by atoms with Crippen LogP contribution in [0.3, 0.4) is 0 Å². The molecule has 35 heavy (non-hydrogen) atoms. The number of rotatable bonds is 5. The number of ether oxygens (including phenoxy) is 2. The van der Waals surface area contributed by atoms with Crippen molar-refractivity contribution in [2.24, 2.45) is 0 Å². The van der Waals surface area contributed by atoms with Crippen molar-refractivity contribution in [2.75, 3.05) is 11.4 Å². The molecule has 0 radical (unpaired) electrons. The van der Waals surface area contributed by atoms with Gasteiger partial charge in [-0.2, -0.15) is 17.6 Å². The molecule has 0 aliphatic carbocycles. The zero-order valence-electron chi connectivity index (χ0n) is 20.3. The second-order valence-electron chi connectivity index (χ2n) is 8.31. The lowest BCUT2D eigenvalue weighted by molar-refractivity contribution is -0.132. The van der Waals surface area contributed by atoms with Gasteiger partial charge in [0, 0.05) is 24.5 Å². The molecular weight excluding hydrogens is 473 g/mol. The number of benzene rings is 1. The number of hydrogen-bond donors (Lipinski definition) is 0. The number of amides is 1. The van der Waals surface area contributed by atoms with Gasteiger partial charge in [0.2, 0.25) is 5.82 Å². The lowest BCUT2D eigenvalue weighted by atomic mass is 10.2. The maximum atomic E-state index is 14.1. The summed E-state index contributed by atoms with van der Waals surface area (Å²) in [6, 6.07) is 4.58. The molecule has 0 spiro atoms. The molecule has 2 heterocycles. The number of carbonyl (C=O) groups is 1. The summed E-state index contributed by atoms with van der Waals surface area (Å²) in [5.41, 5.74) is -0.298. The Morgan fingerprint density at radius 2 is 1.80 bits per heavy atom. The molecule has 0 saturated heterocycles. The summed E-state index contributed by atoms with van der Waals surface area (Å²) in [4.78, 5) is 17.8. The van der Waals surface area contributed by atoms with Gasteiger partial charge < -0.3 is 9.47 Å². The third-order valence-electron chi connectivity index (χ3n) is 4.41. The molecule has 0 unspecified atom stereocenters. The van der Waals surface area contributed by atoms with Gasteiger partial charge in [0.15, 0.2) is 17.2 Å². The van der Waals surface area contributed by atoms with Crippen molar-refractivity contribution >= 4 is 17.4 Å². The molecule has 0 saturated carbocycles. The molecule has 0 N–H and O–H groups in total. The third-order valence-corrected chi connectivity index (χ3v) is 4.41. The molecular formula is C24H28F5N3O3. The second-order valence-corrected chi connectivity index (χ2v) is 8.31. The SMILES string of the molecule is CC.Cc1cnc2c(N(CCC(F)(F)F)C(=O)OC(C)(C)C)cc(Oc3cccc(F)c3F)cn12. The number of anilines is 1. The molecule has 192 valence electrons. The number of aryl methyl sites for hydroxylation is 1. The van der Waals surface area contributed by atoms with E-state index in [-0.39, 0.29) is 17.1 Å². The Balaban J connectivity index is 0.00000210. The van der Waals surface area contributed by atoms with Gasteiger partial charge in [0.25, 0.3) is 0 Å². The summed E-state index contributed by atoms with van der Waals surface area (Å²) in [6.45, 7) is 9.65. The molecule has 0 fully saturated rings. The topological polar surface area (TPSA) is 56.1 Å². The fourth-order valence-electron chi connectivity index (χ4n) is 2.97. The summed E-state index contributed by atoms with van der Waals surface area (Å²) < 4.78 is 78.9. The van der Waals surface area contributed by atoms with Crippen LogP contribution in [0.2, 0.25) is 0 Å². The van der Waals surface area contributed by atoms with Crippen LogP contribution in [0.4, 0.5) is 32.4 Å². The predicted octanol–water partition coefficient (Wildman–Crippen LogP) is 7.43. The number of hydrogen-bond acceptors (Lipinski definition) is 4. The number of halogens is 5. The van der Waals surface area contributed by atoms with Crippen LogP contribution in [0.1, 0.15) is 46.7 Å². The van der Waals surface area contributed by atoms with E-state index >= 15 is 0 Å². The first-order valence-electron chi connectivity index (χ1n) is 10.9. The van der Waals surface area contributed by atoms with Crippen molar-refractivity contribution in [2.45, 2.75) is 59.7 Å². The zero-order valence-corrected chi connectivity index (χ0v) is 20.3. The van der Waals surface area contributed by atoms with Crippen LogP contribution in [-0.2, 0) is 4.74 Å². The Bertz CT molecular complexity index is 1170. The number of aromatic nitrogens is 2. The summed E-state index contributed by atoms with van der Waals surface area (Å²) in [5.74, 6) is -2.85. The Morgan fingerprint density at radius 1 is 1.14 bits per heavy atom. The number of fused-ring (bicyclic) bond motifs is 1. The van der Waals surface area contributed by atoms with E-state index in [4.69, 9.17) is 9.47 Å². The quantitative estimate of drug-likeness (QED) is 0.341. The van der Waals surface area contributed by atoms with E-state index in [1.165, 1.54) is 35.0 Å². The van der Waals surface area contributed by atoms with Crippen molar-refractivity contribution in [1.82, 2.24) is 9.38 Å². The van der Waals surface area contributed by atoms with E-state index in [9.17, 15) is 26.7 Å². The van der Waals surface area contributed by atoms with Gasteiger partial charge in [0.1, 0.15) is 11.4 Å². The van der Waals surface area contributed by atoms with Crippen LogP contribution in [0.5, 0.6) is 11.5 Å². The number of nitrogens with zero attached hydrogens (tertiary/aromatic N) is 3. The van der Waals surface area contributed by atoms with E-state index in [1.54, 1.807) is 27.7 Å². The number of alkyl halides is 3. The fourth-order valence-corrected chi connectivity index (χ4v) is 2.97. The maximum Gasteiger partial charge on any atom is 0.414 e. The normalized spacial score (nSPS) is 11.6. The minimum absolute atomic E-state index is 0.0455. The summed E-state index contributed by atoms with van der Waals surface area (Å²) in [7, 11) is 0. The highest BCUT2D eigenvalue weighted by atomic mass is 19.4. The molecule has 3 rings (SSSR count). The fraction of sp³-hybridized carbons (Fsp3) is 0.417. The standard InChI is InChI=1S/C22H22F5N3O3.C2H6/c1-13-11-28-19-16(29(9-8-22(25,26)27)20(31)33-21(2,3)4)10-14(12-30(13)19)32-17-7-5-6-15(23)18(17)24;1-2/h5-7,10-12H,8-9H2,1-4H3;1-2H3. The largest absolute Gasteiger partial charge is 0.453 e. The smallest absolute Gasteiger partial charge is 0.414 e. The summed E-state index contributed by atoms with van der Waals surface area (Å²) in [6.07, 6.45) is -4.02. The Morgan fingerprint density at radius 3 is 2.40 bits per heavy atom. The molecule has 3 aromatic rings. The first-order valence-corrected chi connectivity index (χ1v) is 10.9. The first-order chi connectivity index (χ1) is 16.2. The van der Waals surface area contributed by atoms with E-state index in [1.807, 2.05) is 13.8 Å². The number of carbonyl (C=O) groups excluding carboxylic acids is 1. The van der Waals surface area contributed by atoms with E-state index in [0.717, 1.165) is 11.0 Å². The van der Waals surface area contributed by atoms with Crippen LogP contribution < -0.4 is 9.64 Å². The Kier molecular flexibility index (Phi) is 8.69. The summed E-state index contributed by atoms with van der Waals surface area (Å²) >= 11 is 0. The Hall–Kier alpha value is -3.37. The van der Waals surface area contributed by atoms with Gasteiger partial charge >= 0.3 is 12.3 Å². The Labute approximate surface area is 200 Å². The van der Waals surface area contributed by atoms with Gasteiger partial charge in [-0.3, -0.25) is 9.30 Å². The molecule has 0 bridgehead atoms. The number of imidazole rings is 1. The van der Waals surface area contributed by atoms with Crippen LogP contribution in [0.25, 0.3) is 5.65 Å². The molecule has 0 aliphatic heterocycles. The molecule has 11 heteroatoms. The maximum absolute atomic E-state index is 14.1. The summed E-state index contributed by atoms with van der Waals surface area (Å²) in [5, 5.41) is 0. The molecule has 0 aliphatic rings.